The van der Waals surface area contributed by atoms with E-state index >= 15 is 0 Å². The second-order valence-electron chi connectivity index (χ2n) is 6.88. The quantitative estimate of drug-likeness (QED) is 0.629. The maximum absolute atomic E-state index is 12.7. The molecule has 0 aromatic heterocycles. The Hall–Kier alpha value is -1.64. The molecule has 1 aromatic carbocycles. The Morgan fingerprint density at radius 1 is 1.19 bits per heavy atom. The number of hydrogen-bond acceptors (Lipinski definition) is 3. The van der Waals surface area contributed by atoms with E-state index in [0.717, 1.165) is 18.4 Å². The van der Waals surface area contributed by atoms with Gasteiger partial charge in [0.1, 0.15) is 11.0 Å². The minimum atomic E-state index is -0.993. The van der Waals surface area contributed by atoms with Gasteiger partial charge in [-0.2, -0.15) is 0 Å². The number of ether oxygens (including phenoxy) is 1. The molecular formula is C18H24O3. The number of Topliss-reactive ketones (excluding diaryl/α,β-unsaturated/α-hetero) is 1. The number of hydrogen-bond donors (Lipinski definition) is 0. The first-order chi connectivity index (χ1) is 9.83. The van der Waals surface area contributed by atoms with Crippen LogP contribution < -0.4 is 0 Å². The molecule has 0 unspecified atom stereocenters. The maximum Gasteiger partial charge on any atom is 0.320 e. The van der Waals surface area contributed by atoms with Crippen molar-refractivity contribution in [3.63, 3.8) is 0 Å². The summed E-state index contributed by atoms with van der Waals surface area (Å²) in [6.07, 6.45) is 3.29. The van der Waals surface area contributed by atoms with Crippen molar-refractivity contribution in [1.29, 1.82) is 0 Å². The summed E-state index contributed by atoms with van der Waals surface area (Å²) in [6.45, 7) is 5.53. The van der Waals surface area contributed by atoms with Crippen molar-refractivity contribution in [2.45, 2.75) is 58.5 Å². The summed E-state index contributed by atoms with van der Waals surface area (Å²) in [5.74, 6) is -0.324. The number of benzene rings is 1. The zero-order chi connectivity index (χ0) is 15.5. The van der Waals surface area contributed by atoms with E-state index in [9.17, 15) is 9.59 Å². The average molecular weight is 288 g/mol. The fraction of sp³-hybridized carbons (Fsp3) is 0.556. The minimum Gasteiger partial charge on any atom is -0.459 e. The van der Waals surface area contributed by atoms with Gasteiger partial charge in [0.15, 0.2) is 5.78 Å². The van der Waals surface area contributed by atoms with Gasteiger partial charge in [0.25, 0.3) is 0 Å². The molecule has 1 aromatic rings. The molecule has 0 amide bonds. The molecule has 2 rings (SSSR count). The Morgan fingerprint density at radius 3 is 2.43 bits per heavy atom. The zero-order valence-corrected chi connectivity index (χ0v) is 13.1. The van der Waals surface area contributed by atoms with Gasteiger partial charge in [0, 0.05) is 6.42 Å². The molecule has 1 fully saturated rings. The highest BCUT2D eigenvalue weighted by Crippen LogP contribution is 2.38. The van der Waals surface area contributed by atoms with Crippen LogP contribution >= 0.6 is 0 Å². The Labute approximate surface area is 126 Å². The predicted octanol–water partition coefficient (Wildman–Crippen LogP) is 3.70. The topological polar surface area (TPSA) is 43.4 Å². The lowest BCUT2D eigenvalue weighted by Crippen LogP contribution is -2.46. The molecular weight excluding hydrogens is 264 g/mol. The number of carbonyl (C=O) groups excluding carboxylic acids is 2. The summed E-state index contributed by atoms with van der Waals surface area (Å²) < 4.78 is 5.56. The van der Waals surface area contributed by atoms with E-state index in [2.05, 4.69) is 0 Å². The van der Waals surface area contributed by atoms with Crippen LogP contribution in [0.25, 0.3) is 0 Å². The highest BCUT2D eigenvalue weighted by atomic mass is 16.6. The molecule has 3 nitrogen and oxygen atoms in total. The molecule has 1 aliphatic rings. The number of rotatable bonds is 3. The van der Waals surface area contributed by atoms with Gasteiger partial charge < -0.3 is 4.74 Å². The van der Waals surface area contributed by atoms with Crippen LogP contribution in [0.15, 0.2) is 30.3 Å². The third-order valence-electron chi connectivity index (χ3n) is 3.93. The van der Waals surface area contributed by atoms with Crippen LogP contribution in [0.4, 0.5) is 0 Å². The van der Waals surface area contributed by atoms with Crippen LogP contribution in [0.1, 0.15) is 52.0 Å². The average Bonchev–Trinajstić information content (AvgIpc) is 2.40. The first kappa shape index (κ1) is 15.7. The van der Waals surface area contributed by atoms with Gasteiger partial charge in [-0.3, -0.25) is 9.59 Å². The maximum atomic E-state index is 12.7. The highest BCUT2D eigenvalue weighted by Gasteiger charge is 2.48. The summed E-state index contributed by atoms with van der Waals surface area (Å²) in [6, 6.07) is 9.74. The van der Waals surface area contributed by atoms with Crippen LogP contribution in [-0.4, -0.2) is 17.4 Å². The first-order valence-electron chi connectivity index (χ1n) is 7.64. The lowest BCUT2D eigenvalue weighted by Gasteiger charge is -2.36. The van der Waals surface area contributed by atoms with E-state index < -0.39 is 11.0 Å². The van der Waals surface area contributed by atoms with Crippen LogP contribution in [0.2, 0.25) is 0 Å². The fourth-order valence-electron chi connectivity index (χ4n) is 2.89. The molecule has 1 aliphatic carbocycles. The van der Waals surface area contributed by atoms with Crippen LogP contribution in [0.3, 0.4) is 0 Å². The third kappa shape index (κ3) is 3.72. The van der Waals surface area contributed by atoms with Gasteiger partial charge in [0.05, 0.1) is 0 Å². The summed E-state index contributed by atoms with van der Waals surface area (Å²) in [5, 5.41) is 0. The lowest BCUT2D eigenvalue weighted by molar-refractivity contribution is -0.172. The van der Waals surface area contributed by atoms with E-state index in [4.69, 9.17) is 4.74 Å². The van der Waals surface area contributed by atoms with Crippen molar-refractivity contribution < 1.29 is 14.3 Å². The summed E-state index contributed by atoms with van der Waals surface area (Å²) in [7, 11) is 0. The normalized spacial score (nSPS) is 22.9. The first-order valence-corrected chi connectivity index (χ1v) is 7.64. The van der Waals surface area contributed by atoms with Crippen molar-refractivity contribution >= 4 is 11.8 Å². The molecule has 0 radical (unpaired) electrons. The summed E-state index contributed by atoms with van der Waals surface area (Å²) in [5.41, 5.74) is -0.552. The van der Waals surface area contributed by atoms with Crippen molar-refractivity contribution in [3.8, 4) is 0 Å². The molecule has 1 saturated carbocycles. The van der Waals surface area contributed by atoms with E-state index in [1.54, 1.807) is 0 Å². The van der Waals surface area contributed by atoms with E-state index in [0.29, 0.717) is 19.3 Å². The van der Waals surface area contributed by atoms with Crippen molar-refractivity contribution in [2.75, 3.05) is 0 Å². The van der Waals surface area contributed by atoms with E-state index in [1.165, 1.54) is 0 Å². The van der Waals surface area contributed by atoms with Gasteiger partial charge in [0.2, 0.25) is 0 Å². The fourth-order valence-corrected chi connectivity index (χ4v) is 2.89. The molecule has 21 heavy (non-hydrogen) atoms. The monoisotopic (exact) mass is 288 g/mol. The van der Waals surface area contributed by atoms with Crippen LogP contribution in [-0.2, 0) is 20.7 Å². The smallest absolute Gasteiger partial charge is 0.320 e. The zero-order valence-electron chi connectivity index (χ0n) is 13.1. The highest BCUT2D eigenvalue weighted by molar-refractivity contribution is 6.04. The Kier molecular flexibility index (Phi) is 4.50. The third-order valence-corrected chi connectivity index (χ3v) is 3.93. The SMILES string of the molecule is CC(C)(C)OC(=O)[C@]1(Cc2ccccc2)CCCCC1=O. The second kappa shape index (κ2) is 6.00. The standard InChI is InChI=1S/C18H24O3/c1-17(2,3)21-16(20)18(12-8-7-11-15(18)19)13-14-9-5-4-6-10-14/h4-6,9-10H,7-8,11-13H2,1-3H3/t18-/m0/s1. The largest absolute Gasteiger partial charge is 0.459 e. The molecule has 0 aliphatic heterocycles. The number of carbonyl (C=O) groups is 2. The molecule has 0 N–H and O–H groups in total. The number of esters is 1. The van der Waals surface area contributed by atoms with Gasteiger partial charge in [-0.15, -0.1) is 0 Å². The Bertz CT molecular complexity index is 513. The molecule has 1 atom stereocenters. The Morgan fingerprint density at radius 2 is 1.86 bits per heavy atom. The number of ketones is 1. The molecule has 3 heteroatoms. The Balaban J connectivity index is 2.30. The lowest BCUT2D eigenvalue weighted by atomic mass is 9.69. The molecule has 0 bridgehead atoms. The van der Waals surface area contributed by atoms with Gasteiger partial charge >= 0.3 is 5.97 Å². The van der Waals surface area contributed by atoms with Gasteiger partial charge in [-0.05, 0) is 45.6 Å². The predicted molar refractivity (Wildman–Crippen MR) is 81.9 cm³/mol. The van der Waals surface area contributed by atoms with E-state index in [1.807, 2.05) is 51.1 Å². The van der Waals surface area contributed by atoms with Crippen molar-refractivity contribution in [1.82, 2.24) is 0 Å². The van der Waals surface area contributed by atoms with E-state index in [-0.39, 0.29) is 11.8 Å². The molecule has 0 spiro atoms. The van der Waals surface area contributed by atoms with Gasteiger partial charge in [-0.1, -0.05) is 36.8 Å². The van der Waals surface area contributed by atoms with Crippen LogP contribution in [0.5, 0.6) is 0 Å². The van der Waals surface area contributed by atoms with Crippen molar-refractivity contribution in [2.24, 2.45) is 5.41 Å². The second-order valence-corrected chi connectivity index (χ2v) is 6.88. The van der Waals surface area contributed by atoms with Crippen LogP contribution in [0, 0.1) is 5.41 Å². The summed E-state index contributed by atoms with van der Waals surface area (Å²) >= 11 is 0. The minimum absolute atomic E-state index is 0.0341. The van der Waals surface area contributed by atoms with Gasteiger partial charge in [-0.25, -0.2) is 0 Å². The molecule has 0 heterocycles. The molecule has 114 valence electrons. The summed E-state index contributed by atoms with van der Waals surface area (Å²) in [4.78, 5) is 25.3. The van der Waals surface area contributed by atoms with Crippen molar-refractivity contribution in [3.05, 3.63) is 35.9 Å². The molecule has 0 saturated heterocycles.